The van der Waals surface area contributed by atoms with Crippen molar-refractivity contribution in [2.45, 2.75) is 10.9 Å². The molecule has 3 aromatic rings. The Labute approximate surface area is 166 Å². The number of sulfonamides is 1. The molecule has 1 atom stereocenters. The van der Waals surface area contributed by atoms with E-state index in [4.69, 9.17) is 34.8 Å². The Bertz CT molecular complexity index is 1030. The molecule has 1 unspecified atom stereocenters. The predicted molar refractivity (Wildman–Crippen MR) is 103 cm³/mol. The maximum Gasteiger partial charge on any atom is 0.243 e. The lowest BCUT2D eigenvalue weighted by atomic mass is 10.1. The number of aromatic nitrogens is 2. The van der Waals surface area contributed by atoms with Gasteiger partial charge < -0.3 is 4.57 Å². The summed E-state index contributed by atoms with van der Waals surface area (Å²) in [6.45, 7) is 0. The van der Waals surface area contributed by atoms with Crippen LogP contribution in [-0.2, 0) is 17.1 Å². The van der Waals surface area contributed by atoms with E-state index in [9.17, 15) is 8.42 Å². The van der Waals surface area contributed by atoms with E-state index in [1.807, 2.05) is 0 Å². The summed E-state index contributed by atoms with van der Waals surface area (Å²) in [7, 11) is -2.18. The van der Waals surface area contributed by atoms with Crippen molar-refractivity contribution in [3.05, 3.63) is 81.3 Å². The van der Waals surface area contributed by atoms with Crippen LogP contribution in [0, 0.1) is 0 Å². The fourth-order valence-corrected chi connectivity index (χ4v) is 4.55. The molecule has 26 heavy (non-hydrogen) atoms. The molecule has 136 valence electrons. The number of aryl methyl sites for hydroxylation is 1. The first kappa shape index (κ1) is 19.2. The first-order valence-electron chi connectivity index (χ1n) is 7.48. The van der Waals surface area contributed by atoms with Gasteiger partial charge in [0.15, 0.2) is 0 Å². The summed E-state index contributed by atoms with van der Waals surface area (Å²) in [4.78, 5) is 4.18. The Morgan fingerprint density at radius 1 is 1.04 bits per heavy atom. The van der Waals surface area contributed by atoms with Gasteiger partial charge in [0.05, 0.1) is 5.02 Å². The summed E-state index contributed by atoms with van der Waals surface area (Å²) < 4.78 is 30.3. The van der Waals surface area contributed by atoms with Gasteiger partial charge in [0.1, 0.15) is 16.8 Å². The minimum atomic E-state index is -3.97. The first-order chi connectivity index (χ1) is 12.3. The predicted octanol–water partition coefficient (Wildman–Crippen LogP) is 4.45. The minimum absolute atomic E-state index is 0.0802. The minimum Gasteiger partial charge on any atom is -0.336 e. The van der Waals surface area contributed by atoms with Crippen molar-refractivity contribution >= 4 is 44.8 Å². The Hall–Kier alpha value is -1.57. The van der Waals surface area contributed by atoms with Crippen molar-refractivity contribution in [1.29, 1.82) is 0 Å². The second-order valence-corrected chi connectivity index (χ2v) is 8.54. The van der Waals surface area contributed by atoms with Crippen LogP contribution < -0.4 is 4.72 Å². The molecule has 0 saturated heterocycles. The SMILES string of the molecule is Cn1ccnc1C(NS(=O)(=O)c1cc(Cl)ccc1Cl)c1ccc(Cl)cc1. The molecule has 1 N–H and O–H groups in total. The van der Waals surface area contributed by atoms with Crippen molar-refractivity contribution in [3.63, 3.8) is 0 Å². The van der Waals surface area contributed by atoms with E-state index < -0.39 is 16.1 Å². The topological polar surface area (TPSA) is 64.0 Å². The molecule has 0 radical (unpaired) electrons. The molecule has 0 saturated carbocycles. The lowest BCUT2D eigenvalue weighted by molar-refractivity contribution is 0.563. The number of halogens is 3. The summed E-state index contributed by atoms with van der Waals surface area (Å²) in [5, 5.41) is 0.902. The molecular formula is C17H14Cl3N3O2S. The summed E-state index contributed by atoms with van der Waals surface area (Å²) in [6, 6.07) is 10.4. The second kappa shape index (κ2) is 7.58. The van der Waals surface area contributed by atoms with E-state index in [2.05, 4.69) is 9.71 Å². The zero-order valence-electron chi connectivity index (χ0n) is 13.5. The van der Waals surface area contributed by atoms with Crippen LogP contribution in [0.15, 0.2) is 59.8 Å². The normalized spacial score (nSPS) is 12.9. The maximum absolute atomic E-state index is 12.9. The van der Waals surface area contributed by atoms with Crippen molar-refractivity contribution in [3.8, 4) is 0 Å². The van der Waals surface area contributed by atoms with Gasteiger partial charge in [-0.05, 0) is 35.9 Å². The van der Waals surface area contributed by atoms with Gasteiger partial charge in [-0.2, -0.15) is 4.72 Å². The quantitative estimate of drug-likeness (QED) is 0.650. The molecule has 3 rings (SSSR count). The number of hydrogen-bond donors (Lipinski definition) is 1. The van der Waals surface area contributed by atoms with Crippen LogP contribution in [0.2, 0.25) is 15.1 Å². The van der Waals surface area contributed by atoms with Crippen LogP contribution in [0.1, 0.15) is 17.4 Å². The number of imidazole rings is 1. The van der Waals surface area contributed by atoms with E-state index in [1.54, 1.807) is 48.3 Å². The van der Waals surface area contributed by atoms with Crippen molar-refractivity contribution < 1.29 is 8.42 Å². The van der Waals surface area contributed by atoms with Crippen LogP contribution in [0.25, 0.3) is 0 Å². The standard InChI is InChI=1S/C17H14Cl3N3O2S/c1-23-9-8-21-17(23)16(11-2-4-12(18)5-3-11)22-26(24,25)15-10-13(19)6-7-14(15)20/h2-10,16,22H,1H3. The molecule has 0 spiro atoms. The van der Waals surface area contributed by atoms with Gasteiger partial charge >= 0.3 is 0 Å². The monoisotopic (exact) mass is 429 g/mol. The molecule has 0 aliphatic rings. The van der Waals surface area contributed by atoms with Gasteiger partial charge in [0.25, 0.3) is 0 Å². The van der Waals surface area contributed by atoms with Gasteiger partial charge in [0.2, 0.25) is 10.0 Å². The van der Waals surface area contributed by atoms with Crippen LogP contribution in [0.3, 0.4) is 0 Å². The third-order valence-electron chi connectivity index (χ3n) is 3.78. The molecule has 1 aromatic heterocycles. The fraction of sp³-hybridized carbons (Fsp3) is 0.118. The third-order valence-corrected chi connectivity index (χ3v) is 6.17. The van der Waals surface area contributed by atoms with Crippen LogP contribution in [0.5, 0.6) is 0 Å². The highest BCUT2D eigenvalue weighted by Gasteiger charge is 2.27. The molecule has 0 aliphatic heterocycles. The van der Waals surface area contributed by atoms with Crippen LogP contribution in [-0.4, -0.2) is 18.0 Å². The Morgan fingerprint density at radius 3 is 2.31 bits per heavy atom. The number of rotatable bonds is 5. The lowest BCUT2D eigenvalue weighted by Gasteiger charge is -2.20. The zero-order chi connectivity index (χ0) is 18.9. The summed E-state index contributed by atoms with van der Waals surface area (Å²) in [5.74, 6) is 0.522. The van der Waals surface area contributed by atoms with Crippen molar-refractivity contribution in [2.75, 3.05) is 0 Å². The Balaban J connectivity index is 2.07. The number of benzene rings is 2. The number of hydrogen-bond acceptors (Lipinski definition) is 3. The van der Waals surface area contributed by atoms with E-state index in [-0.39, 0.29) is 14.9 Å². The molecular weight excluding hydrogens is 417 g/mol. The molecule has 2 aromatic carbocycles. The maximum atomic E-state index is 12.9. The van der Waals surface area contributed by atoms with Gasteiger partial charge in [-0.25, -0.2) is 13.4 Å². The Kier molecular flexibility index (Phi) is 5.60. The lowest BCUT2D eigenvalue weighted by Crippen LogP contribution is -2.31. The molecule has 0 aliphatic carbocycles. The summed E-state index contributed by atoms with van der Waals surface area (Å²) in [5.41, 5.74) is 0.686. The van der Waals surface area contributed by atoms with Gasteiger partial charge in [-0.3, -0.25) is 0 Å². The average Bonchev–Trinajstić information content (AvgIpc) is 3.01. The highest BCUT2D eigenvalue weighted by atomic mass is 35.5. The average molecular weight is 431 g/mol. The summed E-state index contributed by atoms with van der Waals surface area (Å²) in [6.07, 6.45) is 3.33. The number of nitrogens with zero attached hydrogens (tertiary/aromatic N) is 2. The van der Waals surface area contributed by atoms with Crippen molar-refractivity contribution in [1.82, 2.24) is 14.3 Å². The van der Waals surface area contributed by atoms with Gasteiger partial charge in [-0.1, -0.05) is 46.9 Å². The van der Waals surface area contributed by atoms with Crippen molar-refractivity contribution in [2.24, 2.45) is 7.05 Å². The Morgan fingerprint density at radius 2 is 1.69 bits per heavy atom. The zero-order valence-corrected chi connectivity index (χ0v) is 16.6. The molecule has 5 nitrogen and oxygen atoms in total. The summed E-state index contributed by atoms with van der Waals surface area (Å²) >= 11 is 18.0. The van der Waals surface area contributed by atoms with E-state index >= 15 is 0 Å². The molecule has 0 amide bonds. The highest BCUT2D eigenvalue weighted by molar-refractivity contribution is 7.89. The molecule has 1 heterocycles. The van der Waals surface area contributed by atoms with E-state index in [0.29, 0.717) is 16.4 Å². The second-order valence-electron chi connectivity index (χ2n) is 5.58. The van der Waals surface area contributed by atoms with Gasteiger partial charge in [0, 0.05) is 29.5 Å². The highest BCUT2D eigenvalue weighted by Crippen LogP contribution is 2.29. The van der Waals surface area contributed by atoms with Crippen LogP contribution >= 0.6 is 34.8 Å². The molecule has 0 bridgehead atoms. The largest absolute Gasteiger partial charge is 0.336 e. The molecule has 9 heteroatoms. The smallest absolute Gasteiger partial charge is 0.243 e. The number of nitrogens with one attached hydrogen (secondary N) is 1. The fourth-order valence-electron chi connectivity index (χ4n) is 2.48. The van der Waals surface area contributed by atoms with Gasteiger partial charge in [-0.15, -0.1) is 0 Å². The third kappa shape index (κ3) is 4.05. The van der Waals surface area contributed by atoms with E-state index in [1.165, 1.54) is 18.2 Å². The van der Waals surface area contributed by atoms with Crippen LogP contribution in [0.4, 0.5) is 0 Å². The van der Waals surface area contributed by atoms with E-state index in [0.717, 1.165) is 0 Å². The first-order valence-corrected chi connectivity index (χ1v) is 10.1. The molecule has 0 fully saturated rings.